The van der Waals surface area contributed by atoms with Crippen LogP contribution in [-0.4, -0.2) is 49.7 Å². The summed E-state index contributed by atoms with van der Waals surface area (Å²) in [6.07, 6.45) is 4.96. The maximum absolute atomic E-state index is 12.6. The lowest BCUT2D eigenvalue weighted by Crippen LogP contribution is -2.50. The Morgan fingerprint density at radius 2 is 1.56 bits per heavy atom. The molecule has 0 N–H and O–H groups in total. The van der Waals surface area contributed by atoms with Crippen LogP contribution < -0.4 is 0 Å². The molecule has 1 aromatic carbocycles. The van der Waals surface area contributed by atoms with Gasteiger partial charge in [0.05, 0.1) is 4.90 Å². The number of hydrogen-bond acceptors (Lipinski definition) is 3. The number of benzene rings is 1. The number of rotatable bonds is 8. The molecule has 5 nitrogen and oxygen atoms in total. The fourth-order valence-corrected chi connectivity index (χ4v) is 4.90. The highest BCUT2D eigenvalue weighted by molar-refractivity contribution is 7.89. The number of hydrogen-bond donors (Lipinski definition) is 0. The standard InChI is InChI=1S/C19H30N2O3S/c1-3-8-17(9-4-2)16-19(22)20-12-14-21(15-13-20)25(23,24)18-10-6-5-7-11-18/h5-7,10-11,17H,3-4,8-9,12-16H2,1-2H3. The van der Waals surface area contributed by atoms with Gasteiger partial charge in [-0.25, -0.2) is 8.42 Å². The molecule has 1 aromatic rings. The molecule has 0 saturated carbocycles. The molecule has 2 rings (SSSR count). The Balaban J connectivity index is 1.91. The molecule has 0 atom stereocenters. The van der Waals surface area contributed by atoms with E-state index in [4.69, 9.17) is 0 Å². The quantitative estimate of drug-likeness (QED) is 0.710. The summed E-state index contributed by atoms with van der Waals surface area (Å²) in [5, 5.41) is 0. The monoisotopic (exact) mass is 366 g/mol. The second-order valence-corrected chi connectivity index (χ2v) is 8.68. The van der Waals surface area contributed by atoms with Crippen LogP contribution in [0.25, 0.3) is 0 Å². The van der Waals surface area contributed by atoms with E-state index in [-0.39, 0.29) is 5.91 Å². The maximum atomic E-state index is 12.6. The first kappa shape index (κ1) is 19.9. The maximum Gasteiger partial charge on any atom is 0.243 e. The number of amides is 1. The average Bonchev–Trinajstić information content (AvgIpc) is 2.63. The summed E-state index contributed by atoms with van der Waals surface area (Å²) in [7, 11) is -3.46. The van der Waals surface area contributed by atoms with Gasteiger partial charge < -0.3 is 4.90 Å². The number of piperazine rings is 1. The Morgan fingerprint density at radius 1 is 1.00 bits per heavy atom. The zero-order valence-corrected chi connectivity index (χ0v) is 16.2. The lowest BCUT2D eigenvalue weighted by atomic mass is 9.94. The molecule has 0 unspecified atom stereocenters. The minimum atomic E-state index is -3.46. The van der Waals surface area contributed by atoms with Crippen LogP contribution >= 0.6 is 0 Å². The number of nitrogens with zero attached hydrogens (tertiary/aromatic N) is 2. The third-order valence-corrected chi connectivity index (χ3v) is 6.74. The van der Waals surface area contributed by atoms with Crippen molar-refractivity contribution in [2.75, 3.05) is 26.2 Å². The Labute approximate surface area is 152 Å². The van der Waals surface area contributed by atoms with Crippen LogP contribution in [0.3, 0.4) is 0 Å². The molecule has 1 fully saturated rings. The highest BCUT2D eigenvalue weighted by atomic mass is 32.2. The molecule has 0 aromatic heterocycles. The normalized spacial score (nSPS) is 16.4. The Bertz CT molecular complexity index is 632. The Hall–Kier alpha value is -1.40. The largest absolute Gasteiger partial charge is 0.340 e. The first-order chi connectivity index (χ1) is 12.0. The minimum Gasteiger partial charge on any atom is -0.340 e. The van der Waals surface area contributed by atoms with Gasteiger partial charge in [-0.05, 0) is 18.1 Å². The van der Waals surface area contributed by atoms with Gasteiger partial charge in [0, 0.05) is 32.6 Å². The molecule has 0 radical (unpaired) electrons. The summed E-state index contributed by atoms with van der Waals surface area (Å²) < 4.78 is 26.8. The van der Waals surface area contributed by atoms with Gasteiger partial charge in [0.1, 0.15) is 0 Å². The van der Waals surface area contributed by atoms with E-state index in [1.54, 1.807) is 30.3 Å². The predicted octanol–water partition coefficient (Wildman–Crippen LogP) is 3.13. The van der Waals surface area contributed by atoms with E-state index >= 15 is 0 Å². The van der Waals surface area contributed by atoms with Crippen molar-refractivity contribution < 1.29 is 13.2 Å². The van der Waals surface area contributed by atoms with E-state index in [1.807, 2.05) is 4.90 Å². The summed E-state index contributed by atoms with van der Waals surface area (Å²) in [5.41, 5.74) is 0. The van der Waals surface area contributed by atoms with Crippen molar-refractivity contribution in [2.24, 2.45) is 5.92 Å². The molecule has 1 saturated heterocycles. The third kappa shape index (κ3) is 5.28. The average molecular weight is 367 g/mol. The minimum absolute atomic E-state index is 0.170. The molecule has 140 valence electrons. The Morgan fingerprint density at radius 3 is 2.08 bits per heavy atom. The molecule has 1 amide bonds. The van der Waals surface area contributed by atoms with Crippen LogP contribution in [0.5, 0.6) is 0 Å². The van der Waals surface area contributed by atoms with Crippen molar-refractivity contribution in [3.8, 4) is 0 Å². The van der Waals surface area contributed by atoms with Crippen LogP contribution in [0.2, 0.25) is 0 Å². The molecular formula is C19H30N2O3S. The molecule has 0 bridgehead atoms. The van der Waals surface area contributed by atoms with Gasteiger partial charge in [0.15, 0.2) is 0 Å². The summed E-state index contributed by atoms with van der Waals surface area (Å²) in [6.45, 7) is 6.01. The van der Waals surface area contributed by atoms with E-state index in [0.717, 1.165) is 25.7 Å². The van der Waals surface area contributed by atoms with Crippen LogP contribution in [-0.2, 0) is 14.8 Å². The summed E-state index contributed by atoms with van der Waals surface area (Å²) in [5.74, 6) is 0.622. The van der Waals surface area contributed by atoms with Crippen LogP contribution in [0.1, 0.15) is 46.0 Å². The van der Waals surface area contributed by atoms with E-state index in [9.17, 15) is 13.2 Å². The Kier molecular flexibility index (Phi) is 7.44. The van der Waals surface area contributed by atoms with E-state index in [0.29, 0.717) is 43.4 Å². The van der Waals surface area contributed by atoms with Gasteiger partial charge in [-0.3, -0.25) is 4.79 Å². The molecule has 0 spiro atoms. The molecule has 1 heterocycles. The smallest absolute Gasteiger partial charge is 0.243 e. The van der Waals surface area contributed by atoms with Crippen molar-refractivity contribution in [1.82, 2.24) is 9.21 Å². The van der Waals surface area contributed by atoms with Gasteiger partial charge >= 0.3 is 0 Å². The molecular weight excluding hydrogens is 336 g/mol. The van der Waals surface area contributed by atoms with Crippen molar-refractivity contribution in [1.29, 1.82) is 0 Å². The van der Waals surface area contributed by atoms with Crippen LogP contribution in [0.15, 0.2) is 35.2 Å². The molecule has 6 heteroatoms. The molecule has 1 aliphatic rings. The molecule has 1 aliphatic heterocycles. The zero-order valence-electron chi connectivity index (χ0n) is 15.4. The first-order valence-electron chi connectivity index (χ1n) is 9.32. The van der Waals surface area contributed by atoms with Gasteiger partial charge in [0.25, 0.3) is 0 Å². The number of carbonyl (C=O) groups excluding carboxylic acids is 1. The topological polar surface area (TPSA) is 57.7 Å². The predicted molar refractivity (Wildman–Crippen MR) is 99.7 cm³/mol. The van der Waals surface area contributed by atoms with Crippen molar-refractivity contribution >= 4 is 15.9 Å². The first-order valence-corrected chi connectivity index (χ1v) is 10.8. The zero-order chi connectivity index (χ0) is 18.3. The second-order valence-electron chi connectivity index (χ2n) is 6.75. The van der Waals surface area contributed by atoms with Gasteiger partial charge in [-0.15, -0.1) is 0 Å². The van der Waals surface area contributed by atoms with E-state index in [1.165, 1.54) is 4.31 Å². The summed E-state index contributed by atoms with van der Waals surface area (Å²) >= 11 is 0. The highest BCUT2D eigenvalue weighted by Gasteiger charge is 2.30. The fraction of sp³-hybridized carbons (Fsp3) is 0.632. The lowest BCUT2D eigenvalue weighted by Gasteiger charge is -2.34. The van der Waals surface area contributed by atoms with Gasteiger partial charge in [-0.1, -0.05) is 57.7 Å². The van der Waals surface area contributed by atoms with Crippen LogP contribution in [0, 0.1) is 5.92 Å². The summed E-state index contributed by atoms with van der Waals surface area (Å²) in [6, 6.07) is 8.50. The summed E-state index contributed by atoms with van der Waals surface area (Å²) in [4.78, 5) is 14.7. The third-order valence-electron chi connectivity index (χ3n) is 4.83. The van der Waals surface area contributed by atoms with E-state index in [2.05, 4.69) is 13.8 Å². The molecule has 0 aliphatic carbocycles. The highest BCUT2D eigenvalue weighted by Crippen LogP contribution is 2.21. The van der Waals surface area contributed by atoms with Gasteiger partial charge in [0.2, 0.25) is 15.9 Å². The van der Waals surface area contributed by atoms with Gasteiger partial charge in [-0.2, -0.15) is 4.31 Å². The fourth-order valence-electron chi connectivity index (χ4n) is 3.46. The van der Waals surface area contributed by atoms with Crippen molar-refractivity contribution in [3.63, 3.8) is 0 Å². The molecule has 25 heavy (non-hydrogen) atoms. The van der Waals surface area contributed by atoms with Crippen molar-refractivity contribution in [2.45, 2.75) is 50.8 Å². The van der Waals surface area contributed by atoms with Crippen molar-refractivity contribution in [3.05, 3.63) is 30.3 Å². The van der Waals surface area contributed by atoms with E-state index < -0.39 is 10.0 Å². The number of sulfonamides is 1. The lowest BCUT2D eigenvalue weighted by molar-refractivity contribution is -0.133. The van der Waals surface area contributed by atoms with Crippen LogP contribution in [0.4, 0.5) is 0 Å². The second kappa shape index (κ2) is 9.34. The number of carbonyl (C=O) groups is 1. The SMILES string of the molecule is CCCC(CCC)CC(=O)N1CCN(S(=O)(=O)c2ccccc2)CC1.